The summed E-state index contributed by atoms with van der Waals surface area (Å²) in [5.41, 5.74) is 0. The molecular formula is C57H103NO5. The first-order valence-electron chi connectivity index (χ1n) is 27.0. The number of allylic oxidation sites excluding steroid dienone is 10. The van der Waals surface area contributed by atoms with E-state index in [9.17, 15) is 19.8 Å². The number of rotatable bonds is 48. The molecule has 0 aliphatic carbocycles. The zero-order valence-corrected chi connectivity index (χ0v) is 41.7. The van der Waals surface area contributed by atoms with Gasteiger partial charge >= 0.3 is 5.97 Å². The molecule has 366 valence electrons. The normalized spacial score (nSPS) is 13.7. The second kappa shape index (κ2) is 50.6. The highest BCUT2D eigenvalue weighted by atomic mass is 16.5. The first-order valence-corrected chi connectivity index (χ1v) is 27.0. The number of esters is 1. The molecule has 3 atom stereocenters. The molecule has 0 saturated heterocycles. The molecule has 0 spiro atoms. The van der Waals surface area contributed by atoms with Gasteiger partial charge in [-0.05, 0) is 83.5 Å². The molecule has 0 heterocycles. The summed E-state index contributed by atoms with van der Waals surface area (Å²) in [6.07, 6.45) is 62.9. The quantitative estimate of drug-likeness (QED) is 0.0321. The standard InChI is InChI=1S/C57H103NO5/c1-4-7-10-13-16-19-22-24-26-28-29-31-34-37-40-43-46-49-55(60)54(52-59)58-56(61)51-53(48-45-42-39-36-33-21-18-15-12-9-6-3)63-57(62)50-47-44-41-38-35-32-30-27-25-23-20-17-14-11-8-5-2/h8,11,17,20,25,27,32,35-36,39,53-55,59-60H,4-7,9-10,12-16,18-19,21-24,26,28-31,33-34,37-38,40-52H2,1-3H3,(H,58,61)/b11-8+,20-17+,27-25+,35-32+,39-36-. The van der Waals surface area contributed by atoms with Crippen LogP contribution in [-0.4, -0.2) is 46.9 Å². The van der Waals surface area contributed by atoms with Crippen LogP contribution in [0.2, 0.25) is 0 Å². The predicted molar refractivity (Wildman–Crippen MR) is 273 cm³/mol. The van der Waals surface area contributed by atoms with Crippen LogP contribution in [0.3, 0.4) is 0 Å². The number of hydrogen-bond donors (Lipinski definition) is 3. The summed E-state index contributed by atoms with van der Waals surface area (Å²) in [6.45, 7) is 6.36. The monoisotopic (exact) mass is 882 g/mol. The Balaban J connectivity index is 4.55. The largest absolute Gasteiger partial charge is 0.462 e. The number of nitrogens with one attached hydrogen (secondary N) is 1. The van der Waals surface area contributed by atoms with E-state index in [1.54, 1.807) is 0 Å². The van der Waals surface area contributed by atoms with E-state index in [1.807, 2.05) is 0 Å². The number of carbonyl (C=O) groups is 2. The van der Waals surface area contributed by atoms with Crippen LogP contribution in [0.15, 0.2) is 60.8 Å². The van der Waals surface area contributed by atoms with Crippen molar-refractivity contribution in [2.45, 2.75) is 283 Å². The van der Waals surface area contributed by atoms with E-state index in [2.05, 4.69) is 86.8 Å². The number of aliphatic hydroxyl groups excluding tert-OH is 2. The van der Waals surface area contributed by atoms with E-state index < -0.39 is 18.2 Å². The molecule has 3 N–H and O–H groups in total. The van der Waals surface area contributed by atoms with Crippen LogP contribution in [0.4, 0.5) is 0 Å². The zero-order chi connectivity index (χ0) is 45.9. The minimum Gasteiger partial charge on any atom is -0.462 e. The first kappa shape index (κ1) is 60.6. The zero-order valence-electron chi connectivity index (χ0n) is 41.7. The van der Waals surface area contributed by atoms with Gasteiger partial charge in [0.25, 0.3) is 0 Å². The van der Waals surface area contributed by atoms with Gasteiger partial charge in [-0.2, -0.15) is 0 Å². The van der Waals surface area contributed by atoms with Gasteiger partial charge in [-0.15, -0.1) is 0 Å². The van der Waals surface area contributed by atoms with Crippen LogP contribution in [0, 0.1) is 0 Å². The van der Waals surface area contributed by atoms with Crippen LogP contribution in [-0.2, 0) is 14.3 Å². The molecule has 63 heavy (non-hydrogen) atoms. The Morgan fingerprint density at radius 3 is 1.35 bits per heavy atom. The minimum absolute atomic E-state index is 0.0430. The first-order chi connectivity index (χ1) is 31.0. The fraction of sp³-hybridized carbons (Fsp3) is 0.789. The number of ether oxygens (including phenoxy) is 1. The predicted octanol–water partition coefficient (Wildman–Crippen LogP) is 16.4. The van der Waals surface area contributed by atoms with E-state index in [-0.39, 0.29) is 24.9 Å². The van der Waals surface area contributed by atoms with Crippen molar-refractivity contribution in [2.24, 2.45) is 0 Å². The second-order valence-corrected chi connectivity index (χ2v) is 18.2. The topological polar surface area (TPSA) is 95.9 Å². The fourth-order valence-electron chi connectivity index (χ4n) is 8.01. The van der Waals surface area contributed by atoms with E-state index in [4.69, 9.17) is 4.74 Å². The van der Waals surface area contributed by atoms with Crippen LogP contribution < -0.4 is 5.32 Å². The third-order valence-corrected chi connectivity index (χ3v) is 12.1. The van der Waals surface area contributed by atoms with E-state index in [1.165, 1.54) is 128 Å². The second-order valence-electron chi connectivity index (χ2n) is 18.2. The molecule has 6 heteroatoms. The van der Waals surface area contributed by atoms with Crippen molar-refractivity contribution in [1.29, 1.82) is 0 Å². The summed E-state index contributed by atoms with van der Waals surface area (Å²) in [6, 6.07) is -0.718. The Bertz CT molecular complexity index is 1130. The molecule has 0 aromatic carbocycles. The summed E-state index contributed by atoms with van der Waals surface area (Å²) in [7, 11) is 0. The van der Waals surface area contributed by atoms with Crippen molar-refractivity contribution < 1.29 is 24.5 Å². The molecule has 0 aromatic heterocycles. The highest BCUT2D eigenvalue weighted by Gasteiger charge is 2.24. The Labute approximate surface area is 390 Å². The lowest BCUT2D eigenvalue weighted by Crippen LogP contribution is -2.46. The molecule has 0 rings (SSSR count). The minimum atomic E-state index is -0.801. The maximum absolute atomic E-state index is 13.2. The van der Waals surface area contributed by atoms with Crippen LogP contribution in [0.1, 0.15) is 265 Å². The summed E-state index contributed by atoms with van der Waals surface area (Å²) >= 11 is 0. The smallest absolute Gasteiger partial charge is 0.306 e. The van der Waals surface area contributed by atoms with Gasteiger partial charge in [0.05, 0.1) is 25.2 Å². The number of carbonyl (C=O) groups excluding carboxylic acids is 2. The van der Waals surface area contributed by atoms with Gasteiger partial charge in [0.2, 0.25) is 5.91 Å². The lowest BCUT2D eigenvalue weighted by Gasteiger charge is -2.24. The van der Waals surface area contributed by atoms with Gasteiger partial charge in [-0.25, -0.2) is 0 Å². The van der Waals surface area contributed by atoms with Crippen molar-refractivity contribution >= 4 is 11.9 Å². The van der Waals surface area contributed by atoms with Crippen molar-refractivity contribution in [3.05, 3.63) is 60.8 Å². The van der Waals surface area contributed by atoms with Gasteiger partial charge < -0.3 is 20.3 Å². The number of amides is 1. The Morgan fingerprint density at radius 2 is 0.873 bits per heavy atom. The SMILES string of the molecule is CC/C=C/C/C=C/C/C=C/C/C=C/CCCCCC(=O)OC(CCC/C=C\CCCCCCCC)CC(=O)NC(CO)C(O)CCCCCCCCCCCCCCCCCCC. The lowest BCUT2D eigenvalue weighted by atomic mass is 10.0. The average molecular weight is 882 g/mol. The van der Waals surface area contributed by atoms with Gasteiger partial charge in [0.1, 0.15) is 6.10 Å². The summed E-state index contributed by atoms with van der Waals surface area (Å²) in [5, 5.41) is 23.8. The fourth-order valence-corrected chi connectivity index (χ4v) is 8.01. The van der Waals surface area contributed by atoms with Gasteiger partial charge in [0, 0.05) is 6.42 Å². The van der Waals surface area contributed by atoms with E-state index in [0.717, 1.165) is 89.9 Å². The molecule has 0 aliphatic heterocycles. The maximum atomic E-state index is 13.2. The molecule has 1 amide bonds. The maximum Gasteiger partial charge on any atom is 0.306 e. The molecule has 0 aliphatic rings. The number of aliphatic hydroxyl groups is 2. The van der Waals surface area contributed by atoms with Crippen molar-refractivity contribution in [2.75, 3.05) is 6.61 Å². The Hall–Kier alpha value is -2.44. The molecule has 0 aromatic rings. The van der Waals surface area contributed by atoms with Crippen LogP contribution in [0.25, 0.3) is 0 Å². The van der Waals surface area contributed by atoms with Crippen LogP contribution >= 0.6 is 0 Å². The van der Waals surface area contributed by atoms with E-state index >= 15 is 0 Å². The van der Waals surface area contributed by atoms with Crippen molar-refractivity contribution in [3.8, 4) is 0 Å². The third-order valence-electron chi connectivity index (χ3n) is 12.1. The summed E-state index contributed by atoms with van der Waals surface area (Å²) < 4.78 is 5.90. The number of hydrogen-bond acceptors (Lipinski definition) is 5. The molecular weight excluding hydrogens is 779 g/mol. The molecule has 3 unspecified atom stereocenters. The highest BCUT2D eigenvalue weighted by molar-refractivity contribution is 5.77. The van der Waals surface area contributed by atoms with Gasteiger partial charge in [-0.3, -0.25) is 9.59 Å². The molecule has 0 fully saturated rings. The lowest BCUT2D eigenvalue weighted by molar-refractivity contribution is -0.151. The molecule has 6 nitrogen and oxygen atoms in total. The molecule has 0 bridgehead atoms. The van der Waals surface area contributed by atoms with Crippen LogP contribution in [0.5, 0.6) is 0 Å². The highest BCUT2D eigenvalue weighted by Crippen LogP contribution is 2.17. The van der Waals surface area contributed by atoms with Crippen molar-refractivity contribution in [3.63, 3.8) is 0 Å². The number of unbranched alkanes of at least 4 members (excludes halogenated alkanes) is 26. The molecule has 0 saturated carbocycles. The van der Waals surface area contributed by atoms with E-state index in [0.29, 0.717) is 19.3 Å². The van der Waals surface area contributed by atoms with Gasteiger partial charge in [0.15, 0.2) is 0 Å². The summed E-state index contributed by atoms with van der Waals surface area (Å²) in [5.74, 6) is -0.537. The average Bonchev–Trinajstić information content (AvgIpc) is 3.28. The Morgan fingerprint density at radius 1 is 0.476 bits per heavy atom. The molecule has 0 radical (unpaired) electrons. The third kappa shape index (κ3) is 45.9. The Kier molecular flexibility index (Phi) is 48.6. The summed E-state index contributed by atoms with van der Waals surface area (Å²) in [4.78, 5) is 26.1. The van der Waals surface area contributed by atoms with Gasteiger partial charge in [-0.1, -0.05) is 229 Å². The van der Waals surface area contributed by atoms with Crippen molar-refractivity contribution in [1.82, 2.24) is 5.32 Å².